The average Bonchev–Trinajstić information content (AvgIpc) is 3.20. The van der Waals surface area contributed by atoms with Gasteiger partial charge in [0.2, 0.25) is 5.91 Å². The van der Waals surface area contributed by atoms with Crippen LogP contribution in [-0.2, 0) is 20.7 Å². The van der Waals surface area contributed by atoms with Crippen LogP contribution in [0.5, 0.6) is 0 Å². The highest BCUT2D eigenvalue weighted by Crippen LogP contribution is 2.45. The molecule has 1 aromatic heterocycles. The van der Waals surface area contributed by atoms with Crippen LogP contribution in [0.4, 0.5) is 0 Å². The lowest BCUT2D eigenvalue weighted by atomic mass is 9.93. The van der Waals surface area contributed by atoms with E-state index < -0.39 is 17.6 Å². The van der Waals surface area contributed by atoms with Gasteiger partial charge in [0, 0.05) is 35.6 Å². The van der Waals surface area contributed by atoms with Crippen LogP contribution in [0, 0.1) is 0 Å². The van der Waals surface area contributed by atoms with Crippen LogP contribution in [0.25, 0.3) is 0 Å². The zero-order valence-electron chi connectivity index (χ0n) is 20.7. The number of nitrogens with one attached hydrogen (secondary N) is 1. The van der Waals surface area contributed by atoms with Crippen molar-refractivity contribution in [1.29, 1.82) is 0 Å². The summed E-state index contributed by atoms with van der Waals surface area (Å²) in [5, 5.41) is 6.21. The molecular formula is C27H29ClN4O3S. The van der Waals surface area contributed by atoms with Crippen LogP contribution in [0.1, 0.15) is 51.4 Å². The molecule has 0 radical (unpaired) electrons. The molecule has 188 valence electrons. The van der Waals surface area contributed by atoms with Gasteiger partial charge in [-0.1, -0.05) is 41.6 Å². The molecule has 0 fully saturated rings. The standard InChI is InChI=1S/C27H29ClN4O3S/c1-17-23(25(34)35-27(2,3)4)24(18-8-10-19(28)11-9-18)32-21(16-36-26(32)31-17)15-22(33)30-14-12-20-7-5-6-13-29-20/h5-11,13,16,24H,12,14-15H2,1-4H3,(H,30,33)/t24-/m0/s1. The van der Waals surface area contributed by atoms with Crippen LogP contribution in [0.15, 0.2) is 76.0 Å². The van der Waals surface area contributed by atoms with Gasteiger partial charge in [0.05, 0.1) is 23.7 Å². The van der Waals surface area contributed by atoms with E-state index >= 15 is 0 Å². The number of allylic oxidation sites excluding steroid dienone is 1. The highest BCUT2D eigenvalue weighted by molar-refractivity contribution is 8.16. The Morgan fingerprint density at radius 1 is 1.17 bits per heavy atom. The summed E-state index contributed by atoms with van der Waals surface area (Å²) < 4.78 is 5.75. The van der Waals surface area contributed by atoms with Crippen molar-refractivity contribution in [3.8, 4) is 0 Å². The minimum Gasteiger partial charge on any atom is -0.456 e. The lowest BCUT2D eigenvalue weighted by molar-refractivity contribution is -0.150. The first-order chi connectivity index (χ1) is 17.1. The van der Waals surface area contributed by atoms with E-state index in [2.05, 4.69) is 10.3 Å². The molecule has 36 heavy (non-hydrogen) atoms. The van der Waals surface area contributed by atoms with Gasteiger partial charge >= 0.3 is 5.97 Å². The van der Waals surface area contributed by atoms with E-state index in [4.69, 9.17) is 21.3 Å². The van der Waals surface area contributed by atoms with E-state index in [0.29, 0.717) is 29.3 Å². The second kappa shape index (κ2) is 10.9. The van der Waals surface area contributed by atoms with Crippen LogP contribution in [0.3, 0.4) is 0 Å². The van der Waals surface area contributed by atoms with Crippen molar-refractivity contribution in [3.05, 3.63) is 87.3 Å². The lowest BCUT2D eigenvalue weighted by Crippen LogP contribution is -2.39. The van der Waals surface area contributed by atoms with Crippen molar-refractivity contribution < 1.29 is 14.3 Å². The molecule has 3 heterocycles. The number of rotatable bonds is 7. The summed E-state index contributed by atoms with van der Waals surface area (Å²) in [6.45, 7) is 7.81. The van der Waals surface area contributed by atoms with E-state index in [0.717, 1.165) is 22.1 Å². The summed E-state index contributed by atoms with van der Waals surface area (Å²) in [5.74, 6) is -0.544. The number of fused-ring (bicyclic) bond motifs is 1. The van der Waals surface area contributed by atoms with E-state index in [9.17, 15) is 9.59 Å². The van der Waals surface area contributed by atoms with Gasteiger partial charge in [-0.15, -0.1) is 0 Å². The zero-order chi connectivity index (χ0) is 25.9. The van der Waals surface area contributed by atoms with Crippen molar-refractivity contribution in [2.75, 3.05) is 6.54 Å². The minimum atomic E-state index is -0.662. The van der Waals surface area contributed by atoms with Crippen LogP contribution in [0.2, 0.25) is 5.02 Å². The lowest BCUT2D eigenvalue weighted by Gasteiger charge is -2.37. The molecule has 0 spiro atoms. The quantitative estimate of drug-likeness (QED) is 0.488. The Hall–Kier alpha value is -3.10. The summed E-state index contributed by atoms with van der Waals surface area (Å²) in [5.41, 5.74) is 2.92. The summed E-state index contributed by atoms with van der Waals surface area (Å²) in [4.78, 5) is 37.1. The van der Waals surface area contributed by atoms with Gasteiger partial charge in [-0.25, -0.2) is 9.79 Å². The number of aliphatic imine (C=N–C) groups is 1. The molecule has 1 N–H and O–H groups in total. The SMILES string of the molecule is CC1=C(C(=O)OC(C)(C)C)[C@H](c2ccc(Cl)cc2)N2C(CC(=O)NCCc3ccccn3)=CSC2=N1. The van der Waals surface area contributed by atoms with Crippen molar-refractivity contribution in [2.45, 2.75) is 52.2 Å². The number of amides is 1. The molecule has 2 aliphatic rings. The number of ether oxygens (including phenoxy) is 1. The predicted octanol–water partition coefficient (Wildman–Crippen LogP) is 5.40. The van der Waals surface area contributed by atoms with Crippen LogP contribution < -0.4 is 5.32 Å². The number of hydrogen-bond acceptors (Lipinski definition) is 7. The Bertz CT molecular complexity index is 1230. The number of nitrogens with zero attached hydrogens (tertiary/aromatic N) is 3. The smallest absolute Gasteiger partial charge is 0.338 e. The van der Waals surface area contributed by atoms with Gasteiger partial charge in [-0.05, 0) is 62.9 Å². The maximum atomic E-state index is 13.4. The number of carbonyl (C=O) groups is 2. The maximum absolute atomic E-state index is 13.4. The number of amidine groups is 1. The van der Waals surface area contributed by atoms with E-state index in [1.165, 1.54) is 11.8 Å². The first kappa shape index (κ1) is 26.0. The van der Waals surface area contributed by atoms with Gasteiger partial charge in [0.15, 0.2) is 5.17 Å². The molecule has 0 unspecified atom stereocenters. The zero-order valence-corrected chi connectivity index (χ0v) is 22.3. The van der Waals surface area contributed by atoms with Crippen molar-refractivity contribution in [1.82, 2.24) is 15.2 Å². The molecule has 0 aliphatic carbocycles. The highest BCUT2D eigenvalue weighted by atomic mass is 35.5. The molecule has 9 heteroatoms. The van der Waals surface area contributed by atoms with E-state index in [-0.39, 0.29) is 12.3 Å². The summed E-state index contributed by atoms with van der Waals surface area (Å²) >= 11 is 7.59. The molecule has 4 rings (SSSR count). The Labute approximate surface area is 220 Å². The van der Waals surface area contributed by atoms with Gasteiger partial charge in [-0.2, -0.15) is 0 Å². The van der Waals surface area contributed by atoms with Crippen LogP contribution >= 0.6 is 23.4 Å². The van der Waals surface area contributed by atoms with Gasteiger partial charge in [0.1, 0.15) is 5.60 Å². The first-order valence-electron chi connectivity index (χ1n) is 11.7. The number of halogens is 1. The fraction of sp³-hybridized carbons (Fsp3) is 0.333. The maximum Gasteiger partial charge on any atom is 0.338 e. The van der Waals surface area contributed by atoms with Gasteiger partial charge in [0.25, 0.3) is 0 Å². The summed E-state index contributed by atoms with van der Waals surface area (Å²) in [6, 6.07) is 12.6. The van der Waals surface area contributed by atoms with Gasteiger partial charge < -0.3 is 15.0 Å². The molecule has 0 saturated carbocycles. The molecular weight excluding hydrogens is 496 g/mol. The Morgan fingerprint density at radius 3 is 2.58 bits per heavy atom. The monoisotopic (exact) mass is 524 g/mol. The fourth-order valence-corrected chi connectivity index (χ4v) is 5.12. The van der Waals surface area contributed by atoms with Gasteiger partial charge in [-0.3, -0.25) is 9.78 Å². The molecule has 2 aliphatic heterocycles. The number of carbonyl (C=O) groups excluding carboxylic acids is 2. The van der Waals surface area contributed by atoms with Crippen molar-refractivity contribution >= 4 is 40.4 Å². The number of benzene rings is 1. The number of hydrogen-bond donors (Lipinski definition) is 1. The van der Waals surface area contributed by atoms with Crippen LogP contribution in [-0.4, -0.2) is 39.1 Å². The predicted molar refractivity (Wildman–Crippen MR) is 143 cm³/mol. The topological polar surface area (TPSA) is 83.9 Å². The largest absolute Gasteiger partial charge is 0.456 e. The Morgan fingerprint density at radius 2 is 1.92 bits per heavy atom. The third-order valence-corrected chi connectivity index (χ3v) is 6.72. The molecule has 0 bridgehead atoms. The van der Waals surface area contributed by atoms with E-state index in [1.54, 1.807) is 18.3 Å². The molecule has 1 amide bonds. The normalized spacial score (nSPS) is 17.4. The molecule has 1 atom stereocenters. The summed E-state index contributed by atoms with van der Waals surface area (Å²) in [6.07, 6.45) is 2.54. The first-order valence-corrected chi connectivity index (χ1v) is 13.0. The minimum absolute atomic E-state index is 0.112. The number of aromatic nitrogens is 1. The average molecular weight is 525 g/mol. The molecule has 2 aromatic rings. The van der Waals surface area contributed by atoms with Crippen molar-refractivity contribution in [2.24, 2.45) is 4.99 Å². The number of thioether (sulfide) groups is 1. The van der Waals surface area contributed by atoms with E-state index in [1.807, 2.05) is 68.3 Å². The number of esters is 1. The molecule has 7 nitrogen and oxygen atoms in total. The third kappa shape index (κ3) is 6.17. The number of pyridine rings is 1. The third-order valence-electron chi connectivity index (χ3n) is 5.58. The fourth-order valence-electron chi connectivity index (χ4n) is 4.03. The Balaban J connectivity index is 1.57. The molecule has 0 saturated heterocycles. The highest BCUT2D eigenvalue weighted by Gasteiger charge is 2.41. The second-order valence-corrected chi connectivity index (χ2v) is 10.8. The Kier molecular flexibility index (Phi) is 7.85. The summed E-state index contributed by atoms with van der Waals surface area (Å²) in [7, 11) is 0. The molecule has 1 aromatic carbocycles. The van der Waals surface area contributed by atoms with Crippen molar-refractivity contribution in [3.63, 3.8) is 0 Å². The second-order valence-electron chi connectivity index (χ2n) is 9.54.